The highest BCUT2D eigenvalue weighted by molar-refractivity contribution is 6.20. The van der Waals surface area contributed by atoms with Gasteiger partial charge in [-0.3, -0.25) is 0 Å². The van der Waals surface area contributed by atoms with Crippen LogP contribution in [0.25, 0.3) is 0 Å². The van der Waals surface area contributed by atoms with E-state index in [1.165, 1.54) is 0 Å². The van der Waals surface area contributed by atoms with E-state index in [1.54, 1.807) is 6.92 Å². The van der Waals surface area contributed by atoms with Crippen molar-refractivity contribution in [3.63, 3.8) is 0 Å². The number of ether oxygens (including phenoxy) is 1. The summed E-state index contributed by atoms with van der Waals surface area (Å²) >= 11 is 5.84. The van der Waals surface area contributed by atoms with Crippen molar-refractivity contribution in [2.24, 2.45) is 0 Å². The van der Waals surface area contributed by atoms with E-state index in [0.29, 0.717) is 11.8 Å². The molecule has 18 heavy (non-hydrogen) atoms. The van der Waals surface area contributed by atoms with Crippen LogP contribution in [0, 0.1) is 0 Å². The number of benzene rings is 1. The SMILES string of the molecule is CCc1ccccc1OCc1nnc(C(C)Cl)o1. The van der Waals surface area contributed by atoms with Gasteiger partial charge in [0.1, 0.15) is 11.1 Å². The number of aryl methyl sites for hydroxylation is 1. The molecular formula is C13H15ClN2O2. The van der Waals surface area contributed by atoms with Gasteiger partial charge in [0, 0.05) is 0 Å². The molecule has 0 aliphatic heterocycles. The van der Waals surface area contributed by atoms with Gasteiger partial charge in [-0.05, 0) is 25.0 Å². The van der Waals surface area contributed by atoms with Crippen LogP contribution >= 0.6 is 11.6 Å². The Bertz CT molecular complexity index is 511. The first-order chi connectivity index (χ1) is 8.70. The average molecular weight is 267 g/mol. The number of alkyl halides is 1. The third kappa shape index (κ3) is 3.01. The second kappa shape index (κ2) is 5.87. The molecule has 0 amide bonds. The molecule has 0 N–H and O–H groups in total. The molecule has 2 rings (SSSR count). The molecule has 2 aromatic rings. The van der Waals surface area contributed by atoms with Gasteiger partial charge in [0.15, 0.2) is 6.61 Å². The van der Waals surface area contributed by atoms with E-state index >= 15 is 0 Å². The minimum atomic E-state index is -0.283. The molecular weight excluding hydrogens is 252 g/mol. The summed E-state index contributed by atoms with van der Waals surface area (Å²) in [6.45, 7) is 4.13. The van der Waals surface area contributed by atoms with Crippen molar-refractivity contribution < 1.29 is 9.15 Å². The summed E-state index contributed by atoms with van der Waals surface area (Å²) in [6, 6.07) is 7.90. The normalized spacial score (nSPS) is 12.4. The molecule has 0 saturated heterocycles. The van der Waals surface area contributed by atoms with Crippen LogP contribution in [0.1, 0.15) is 36.6 Å². The molecule has 0 aliphatic rings. The van der Waals surface area contributed by atoms with Crippen molar-refractivity contribution in [3.05, 3.63) is 41.6 Å². The Labute approximate surface area is 111 Å². The van der Waals surface area contributed by atoms with E-state index in [9.17, 15) is 0 Å². The van der Waals surface area contributed by atoms with Gasteiger partial charge in [-0.1, -0.05) is 25.1 Å². The van der Waals surface area contributed by atoms with Crippen LogP contribution in [-0.4, -0.2) is 10.2 Å². The van der Waals surface area contributed by atoms with Crippen molar-refractivity contribution in [3.8, 4) is 5.75 Å². The second-order valence-electron chi connectivity index (χ2n) is 3.90. The summed E-state index contributed by atoms with van der Waals surface area (Å²) in [5.74, 6) is 1.70. The molecule has 96 valence electrons. The third-order valence-electron chi connectivity index (χ3n) is 2.53. The van der Waals surface area contributed by atoms with E-state index in [-0.39, 0.29) is 12.0 Å². The van der Waals surface area contributed by atoms with Gasteiger partial charge in [0.2, 0.25) is 5.89 Å². The van der Waals surface area contributed by atoms with Crippen LogP contribution in [0.5, 0.6) is 5.75 Å². The van der Waals surface area contributed by atoms with Crippen molar-refractivity contribution in [2.45, 2.75) is 32.3 Å². The van der Waals surface area contributed by atoms with Crippen LogP contribution < -0.4 is 4.74 Å². The number of para-hydroxylation sites is 1. The Hall–Kier alpha value is -1.55. The highest BCUT2D eigenvalue weighted by Crippen LogP contribution is 2.21. The Kier molecular flexibility index (Phi) is 4.20. The van der Waals surface area contributed by atoms with Crippen molar-refractivity contribution >= 4 is 11.6 Å². The Morgan fingerprint density at radius 2 is 2.11 bits per heavy atom. The summed E-state index contributed by atoms with van der Waals surface area (Å²) in [4.78, 5) is 0. The first-order valence-electron chi connectivity index (χ1n) is 5.87. The molecule has 5 heteroatoms. The molecule has 4 nitrogen and oxygen atoms in total. The fourth-order valence-electron chi connectivity index (χ4n) is 1.56. The molecule has 0 bridgehead atoms. The van der Waals surface area contributed by atoms with E-state index < -0.39 is 0 Å². The van der Waals surface area contributed by atoms with E-state index in [0.717, 1.165) is 17.7 Å². The molecule has 1 aromatic carbocycles. The van der Waals surface area contributed by atoms with Gasteiger partial charge in [-0.2, -0.15) is 0 Å². The number of nitrogens with zero attached hydrogens (tertiary/aromatic N) is 2. The molecule has 1 atom stereocenters. The van der Waals surface area contributed by atoms with E-state index in [1.807, 2.05) is 24.3 Å². The maximum absolute atomic E-state index is 5.84. The maximum Gasteiger partial charge on any atom is 0.253 e. The predicted molar refractivity (Wildman–Crippen MR) is 68.7 cm³/mol. The van der Waals surface area contributed by atoms with Gasteiger partial charge in [-0.15, -0.1) is 21.8 Å². The predicted octanol–water partition coefficient (Wildman–Crippen LogP) is 3.51. The van der Waals surface area contributed by atoms with Gasteiger partial charge in [0.05, 0.1) is 0 Å². The van der Waals surface area contributed by atoms with Crippen molar-refractivity contribution in [1.82, 2.24) is 10.2 Å². The number of rotatable bonds is 5. The number of hydrogen-bond donors (Lipinski definition) is 0. The maximum atomic E-state index is 5.84. The first kappa shape index (κ1) is 12.9. The van der Waals surface area contributed by atoms with E-state index in [2.05, 4.69) is 17.1 Å². The first-order valence-corrected chi connectivity index (χ1v) is 6.31. The Morgan fingerprint density at radius 1 is 1.33 bits per heavy atom. The fourth-order valence-corrected chi connectivity index (χ4v) is 1.65. The minimum absolute atomic E-state index is 0.258. The minimum Gasteiger partial charge on any atom is -0.484 e. The van der Waals surface area contributed by atoms with Crippen LogP contribution in [0.3, 0.4) is 0 Å². The number of aromatic nitrogens is 2. The molecule has 0 aliphatic carbocycles. The highest BCUT2D eigenvalue weighted by Gasteiger charge is 2.11. The lowest BCUT2D eigenvalue weighted by atomic mass is 10.1. The third-order valence-corrected chi connectivity index (χ3v) is 2.71. The molecule has 0 fully saturated rings. The zero-order valence-electron chi connectivity index (χ0n) is 10.4. The quantitative estimate of drug-likeness (QED) is 0.777. The lowest BCUT2D eigenvalue weighted by Gasteiger charge is -2.07. The zero-order chi connectivity index (χ0) is 13.0. The summed E-state index contributed by atoms with van der Waals surface area (Å²) in [6.07, 6.45) is 0.921. The Balaban J connectivity index is 2.02. The van der Waals surface area contributed by atoms with Crippen molar-refractivity contribution in [1.29, 1.82) is 0 Å². The average Bonchev–Trinajstić information content (AvgIpc) is 2.85. The molecule has 0 radical (unpaired) electrons. The Morgan fingerprint density at radius 3 is 2.78 bits per heavy atom. The monoisotopic (exact) mass is 266 g/mol. The number of halogens is 1. The smallest absolute Gasteiger partial charge is 0.253 e. The second-order valence-corrected chi connectivity index (χ2v) is 4.55. The summed E-state index contributed by atoms with van der Waals surface area (Å²) < 4.78 is 11.0. The van der Waals surface area contributed by atoms with Gasteiger partial charge in [-0.25, -0.2) is 0 Å². The summed E-state index contributed by atoms with van der Waals surface area (Å²) in [5, 5.41) is 7.44. The molecule has 0 spiro atoms. The topological polar surface area (TPSA) is 48.2 Å². The highest BCUT2D eigenvalue weighted by atomic mass is 35.5. The molecule has 1 unspecified atom stereocenters. The van der Waals surface area contributed by atoms with Crippen molar-refractivity contribution in [2.75, 3.05) is 0 Å². The molecule has 1 heterocycles. The van der Waals surface area contributed by atoms with Crippen LogP contribution in [0.4, 0.5) is 0 Å². The zero-order valence-corrected chi connectivity index (χ0v) is 11.1. The van der Waals surface area contributed by atoms with Crippen LogP contribution in [-0.2, 0) is 13.0 Å². The molecule has 0 saturated carbocycles. The lowest BCUT2D eigenvalue weighted by molar-refractivity contribution is 0.257. The fraction of sp³-hybridized carbons (Fsp3) is 0.385. The summed E-state index contributed by atoms with van der Waals surface area (Å²) in [7, 11) is 0. The standard InChI is InChI=1S/C13H15ClN2O2/c1-3-10-6-4-5-7-11(10)17-8-12-15-16-13(18-12)9(2)14/h4-7,9H,3,8H2,1-2H3. The van der Waals surface area contributed by atoms with Gasteiger partial charge >= 0.3 is 0 Å². The van der Waals surface area contributed by atoms with E-state index in [4.69, 9.17) is 20.8 Å². The van der Waals surface area contributed by atoms with Gasteiger partial charge < -0.3 is 9.15 Å². The van der Waals surface area contributed by atoms with Crippen LogP contribution in [0.2, 0.25) is 0 Å². The summed E-state index contributed by atoms with van der Waals surface area (Å²) in [5.41, 5.74) is 1.16. The van der Waals surface area contributed by atoms with Gasteiger partial charge in [0.25, 0.3) is 5.89 Å². The molecule has 1 aromatic heterocycles. The largest absolute Gasteiger partial charge is 0.484 e. The number of hydrogen-bond acceptors (Lipinski definition) is 4. The van der Waals surface area contributed by atoms with Crippen LogP contribution in [0.15, 0.2) is 28.7 Å². The lowest BCUT2D eigenvalue weighted by Crippen LogP contribution is -1.98.